The van der Waals surface area contributed by atoms with Gasteiger partial charge in [0.15, 0.2) is 0 Å². The fourth-order valence-corrected chi connectivity index (χ4v) is 2.69. The summed E-state index contributed by atoms with van der Waals surface area (Å²) in [5, 5.41) is 2.81. The minimum absolute atomic E-state index is 0.0259. The largest absolute Gasteiger partial charge is 0.337 e. The van der Waals surface area contributed by atoms with Crippen molar-refractivity contribution in [2.45, 2.75) is 19.4 Å². The van der Waals surface area contributed by atoms with Crippen molar-refractivity contribution in [3.8, 4) is 0 Å². The molecule has 1 saturated carbocycles. The van der Waals surface area contributed by atoms with Crippen LogP contribution in [0.3, 0.4) is 0 Å². The second-order valence-electron chi connectivity index (χ2n) is 4.92. The monoisotopic (exact) mass is 308 g/mol. The summed E-state index contributed by atoms with van der Waals surface area (Å²) in [7, 11) is 0. The van der Waals surface area contributed by atoms with E-state index in [-0.39, 0.29) is 17.4 Å². The van der Waals surface area contributed by atoms with Gasteiger partial charge < -0.3 is 5.32 Å². The van der Waals surface area contributed by atoms with Crippen molar-refractivity contribution >= 4 is 27.9 Å². The average Bonchev–Trinajstić information content (AvgIpc) is 3.14. The molecule has 1 aromatic rings. The van der Waals surface area contributed by atoms with Gasteiger partial charge in [0.2, 0.25) is 5.91 Å². The third-order valence-corrected chi connectivity index (χ3v) is 4.44. The lowest BCUT2D eigenvalue weighted by Gasteiger charge is -2.31. The number of hydrogen-bond donors (Lipinski definition) is 1. The fraction of sp³-hybridized carbons (Fsp3) is 0.385. The Morgan fingerprint density at radius 3 is 2.67 bits per heavy atom. The molecular weight excluding hydrogens is 296 g/mol. The molecule has 1 spiro atoms. The van der Waals surface area contributed by atoms with Crippen LogP contribution in [-0.2, 0) is 11.3 Å². The van der Waals surface area contributed by atoms with E-state index in [2.05, 4.69) is 21.2 Å². The lowest BCUT2D eigenvalue weighted by atomic mass is 10.0. The lowest BCUT2D eigenvalue weighted by Crippen LogP contribution is -2.55. The van der Waals surface area contributed by atoms with Gasteiger partial charge in [0.25, 0.3) is 0 Å². The zero-order chi connectivity index (χ0) is 12.8. The van der Waals surface area contributed by atoms with E-state index >= 15 is 0 Å². The number of carbonyl (C=O) groups excluding carboxylic acids is 2. The van der Waals surface area contributed by atoms with Crippen LogP contribution in [-0.4, -0.2) is 23.4 Å². The first-order chi connectivity index (χ1) is 8.62. The van der Waals surface area contributed by atoms with Crippen LogP contribution >= 0.6 is 15.9 Å². The number of nitrogens with one attached hydrogen (secondary N) is 1. The highest BCUT2D eigenvalue weighted by Gasteiger charge is 2.55. The van der Waals surface area contributed by atoms with E-state index in [1.807, 2.05) is 24.3 Å². The summed E-state index contributed by atoms with van der Waals surface area (Å²) < 4.78 is 0.918. The minimum atomic E-state index is -0.296. The van der Waals surface area contributed by atoms with Gasteiger partial charge in [0.1, 0.15) is 0 Å². The molecule has 0 aromatic heterocycles. The highest BCUT2D eigenvalue weighted by atomic mass is 79.9. The molecule has 3 amide bonds. The van der Waals surface area contributed by atoms with Crippen molar-refractivity contribution in [3.63, 3.8) is 0 Å². The number of imide groups is 1. The van der Waals surface area contributed by atoms with Crippen LogP contribution in [0.2, 0.25) is 0 Å². The normalized spacial score (nSPS) is 21.1. The second kappa shape index (κ2) is 4.09. The third-order valence-electron chi connectivity index (χ3n) is 3.66. The second-order valence-corrected chi connectivity index (χ2v) is 5.78. The highest BCUT2D eigenvalue weighted by molar-refractivity contribution is 9.10. The number of urea groups is 1. The summed E-state index contributed by atoms with van der Waals surface area (Å²) in [5.74, 6) is -0.0259. The average molecular weight is 309 g/mol. The van der Waals surface area contributed by atoms with Crippen LogP contribution in [0.4, 0.5) is 4.79 Å². The van der Waals surface area contributed by atoms with Crippen LogP contribution in [0.15, 0.2) is 28.7 Å². The van der Waals surface area contributed by atoms with Crippen molar-refractivity contribution in [1.29, 1.82) is 0 Å². The number of hydrogen-bond acceptors (Lipinski definition) is 2. The van der Waals surface area contributed by atoms with Crippen LogP contribution in [0.25, 0.3) is 0 Å². The number of benzene rings is 1. The van der Waals surface area contributed by atoms with E-state index < -0.39 is 0 Å². The summed E-state index contributed by atoms with van der Waals surface area (Å²) in [5.41, 5.74) is 0.647. The number of amides is 3. The molecule has 18 heavy (non-hydrogen) atoms. The third kappa shape index (κ3) is 1.82. The maximum Gasteiger partial charge on any atom is 0.324 e. The Morgan fingerprint density at radius 2 is 2.00 bits per heavy atom. The van der Waals surface area contributed by atoms with Crippen molar-refractivity contribution < 1.29 is 9.59 Å². The van der Waals surface area contributed by atoms with Gasteiger partial charge in [-0.15, -0.1) is 0 Å². The molecule has 0 bridgehead atoms. The lowest BCUT2D eigenvalue weighted by molar-refractivity contribution is -0.135. The molecule has 0 radical (unpaired) electrons. The number of halogens is 1. The summed E-state index contributed by atoms with van der Waals surface area (Å²) in [6, 6.07) is 7.36. The zero-order valence-electron chi connectivity index (χ0n) is 9.78. The molecule has 2 fully saturated rings. The first-order valence-electron chi connectivity index (χ1n) is 5.96. The molecule has 4 nitrogen and oxygen atoms in total. The standard InChI is InChI=1S/C13H13BrN2O2/c14-10-4-2-1-3-9(10)7-16-11(17)13(5-6-13)8-15-12(16)18/h1-4H,5-8H2,(H,15,18). The molecule has 3 rings (SSSR count). The van der Waals surface area contributed by atoms with Crippen LogP contribution < -0.4 is 5.32 Å². The molecule has 0 atom stereocenters. The predicted octanol–water partition coefficient (Wildman–Crippen LogP) is 2.28. The van der Waals surface area contributed by atoms with Gasteiger partial charge in [0.05, 0.1) is 12.0 Å². The molecule has 1 N–H and O–H groups in total. The Hall–Kier alpha value is -1.36. The summed E-state index contributed by atoms with van der Waals surface area (Å²) in [4.78, 5) is 25.4. The van der Waals surface area contributed by atoms with Crippen molar-refractivity contribution in [2.24, 2.45) is 5.41 Å². The van der Waals surface area contributed by atoms with Gasteiger partial charge in [-0.2, -0.15) is 0 Å². The van der Waals surface area contributed by atoms with Crippen molar-refractivity contribution in [1.82, 2.24) is 10.2 Å². The fourth-order valence-electron chi connectivity index (χ4n) is 2.28. The first kappa shape index (κ1) is 11.7. The predicted molar refractivity (Wildman–Crippen MR) is 69.8 cm³/mol. The quantitative estimate of drug-likeness (QED) is 0.911. The summed E-state index contributed by atoms with van der Waals surface area (Å²) in [6.45, 7) is 0.824. The topological polar surface area (TPSA) is 49.4 Å². The summed E-state index contributed by atoms with van der Waals surface area (Å²) in [6.07, 6.45) is 1.77. The minimum Gasteiger partial charge on any atom is -0.337 e. The maximum absolute atomic E-state index is 12.3. The molecule has 94 valence electrons. The van der Waals surface area contributed by atoms with Gasteiger partial charge >= 0.3 is 6.03 Å². The molecule has 1 saturated heterocycles. The SMILES string of the molecule is O=C1NCC2(CC2)C(=O)N1Cc1ccccc1Br. The van der Waals surface area contributed by atoms with Gasteiger partial charge in [-0.3, -0.25) is 9.69 Å². The molecule has 1 aliphatic carbocycles. The Bertz CT molecular complexity index is 525. The van der Waals surface area contributed by atoms with Gasteiger partial charge in [0, 0.05) is 11.0 Å². The van der Waals surface area contributed by atoms with E-state index in [1.165, 1.54) is 4.90 Å². The molecule has 1 aliphatic heterocycles. The smallest absolute Gasteiger partial charge is 0.324 e. The molecule has 0 unspecified atom stereocenters. The molecule has 1 heterocycles. The zero-order valence-corrected chi connectivity index (χ0v) is 11.4. The van der Waals surface area contributed by atoms with Crippen LogP contribution in [0, 0.1) is 5.41 Å². The van der Waals surface area contributed by atoms with E-state index in [0.29, 0.717) is 13.1 Å². The van der Waals surface area contributed by atoms with E-state index in [4.69, 9.17) is 0 Å². The molecule has 1 aromatic carbocycles. The Balaban J connectivity index is 1.84. The van der Waals surface area contributed by atoms with Gasteiger partial charge in [-0.05, 0) is 24.5 Å². The van der Waals surface area contributed by atoms with E-state index in [1.54, 1.807) is 0 Å². The number of rotatable bonds is 2. The molecule has 5 heteroatoms. The Morgan fingerprint density at radius 1 is 1.28 bits per heavy atom. The summed E-state index contributed by atoms with van der Waals surface area (Å²) >= 11 is 3.44. The maximum atomic E-state index is 12.3. The van der Waals surface area contributed by atoms with Crippen molar-refractivity contribution in [3.05, 3.63) is 34.3 Å². The van der Waals surface area contributed by atoms with Gasteiger partial charge in [-0.25, -0.2) is 4.79 Å². The number of carbonyl (C=O) groups is 2. The molecule has 2 aliphatic rings. The first-order valence-corrected chi connectivity index (χ1v) is 6.75. The highest BCUT2D eigenvalue weighted by Crippen LogP contribution is 2.48. The molecular formula is C13H13BrN2O2. The Kier molecular flexibility index (Phi) is 2.66. The van der Waals surface area contributed by atoms with Crippen molar-refractivity contribution in [2.75, 3.05) is 6.54 Å². The Labute approximate surface area is 113 Å². The van der Waals surface area contributed by atoms with Gasteiger partial charge in [-0.1, -0.05) is 34.1 Å². The van der Waals surface area contributed by atoms with E-state index in [9.17, 15) is 9.59 Å². The van der Waals surface area contributed by atoms with Crippen LogP contribution in [0.1, 0.15) is 18.4 Å². The number of nitrogens with zero attached hydrogens (tertiary/aromatic N) is 1. The van der Waals surface area contributed by atoms with Crippen LogP contribution in [0.5, 0.6) is 0 Å². The van der Waals surface area contributed by atoms with E-state index in [0.717, 1.165) is 22.9 Å².